The van der Waals surface area contributed by atoms with Crippen molar-refractivity contribution in [2.75, 3.05) is 11.9 Å². The molecule has 0 saturated heterocycles. The number of benzene rings is 1. The molecule has 0 saturated carbocycles. The largest absolute Gasteiger partial charge is 0.435 e. The lowest BCUT2D eigenvalue weighted by atomic mass is 9.81. The molecule has 0 spiro atoms. The predicted octanol–water partition coefficient (Wildman–Crippen LogP) is 3.41. The van der Waals surface area contributed by atoms with Gasteiger partial charge in [0.2, 0.25) is 5.91 Å². The highest BCUT2D eigenvalue weighted by molar-refractivity contribution is 5.95. The number of nitrogens with two attached hydrogens (primary N) is 1. The number of ether oxygens (including phenoxy) is 1. The first-order valence-electron chi connectivity index (χ1n) is 6.53. The van der Waals surface area contributed by atoms with E-state index in [-0.39, 0.29) is 30.6 Å². The van der Waals surface area contributed by atoms with E-state index in [1.54, 1.807) is 6.07 Å². The van der Waals surface area contributed by atoms with Crippen LogP contribution in [0.5, 0.6) is 5.75 Å². The van der Waals surface area contributed by atoms with Crippen LogP contribution >= 0.6 is 12.4 Å². The van der Waals surface area contributed by atoms with E-state index in [4.69, 9.17) is 5.73 Å². The van der Waals surface area contributed by atoms with Gasteiger partial charge in [0, 0.05) is 18.3 Å². The monoisotopic (exact) mass is 322 g/mol. The molecule has 0 bridgehead atoms. The molecule has 0 aliphatic rings. The van der Waals surface area contributed by atoms with Crippen LogP contribution in [-0.4, -0.2) is 19.1 Å². The lowest BCUT2D eigenvalue weighted by Crippen LogP contribution is -2.41. The number of carbonyl (C=O) groups excluding carboxylic acids is 1. The minimum Gasteiger partial charge on any atom is -0.435 e. The second-order valence-corrected chi connectivity index (χ2v) is 4.55. The first-order valence-corrected chi connectivity index (χ1v) is 6.53. The topological polar surface area (TPSA) is 64.4 Å². The van der Waals surface area contributed by atoms with Crippen LogP contribution in [0.15, 0.2) is 24.3 Å². The van der Waals surface area contributed by atoms with Gasteiger partial charge >= 0.3 is 6.61 Å². The van der Waals surface area contributed by atoms with E-state index in [1.165, 1.54) is 18.2 Å². The van der Waals surface area contributed by atoms with Crippen molar-refractivity contribution in [2.24, 2.45) is 11.1 Å². The lowest BCUT2D eigenvalue weighted by Gasteiger charge is -2.28. The maximum absolute atomic E-state index is 12.3. The first-order chi connectivity index (χ1) is 9.47. The smallest absolute Gasteiger partial charge is 0.387 e. The Morgan fingerprint density at radius 2 is 2.00 bits per heavy atom. The van der Waals surface area contributed by atoms with Crippen LogP contribution in [0.3, 0.4) is 0 Å². The van der Waals surface area contributed by atoms with Crippen molar-refractivity contribution in [2.45, 2.75) is 33.3 Å². The fraction of sp³-hybridized carbons (Fsp3) is 0.500. The molecule has 21 heavy (non-hydrogen) atoms. The molecule has 1 rings (SSSR count). The van der Waals surface area contributed by atoms with Gasteiger partial charge in [0.25, 0.3) is 0 Å². The average molecular weight is 323 g/mol. The molecule has 0 fully saturated rings. The summed E-state index contributed by atoms with van der Waals surface area (Å²) >= 11 is 0. The molecular weight excluding hydrogens is 302 g/mol. The number of carbonyl (C=O) groups is 1. The molecule has 0 radical (unpaired) electrons. The number of hydrogen-bond donors (Lipinski definition) is 2. The van der Waals surface area contributed by atoms with E-state index in [0.717, 1.165) is 0 Å². The van der Waals surface area contributed by atoms with Gasteiger partial charge in [-0.15, -0.1) is 12.4 Å². The number of alkyl halides is 2. The third-order valence-electron chi connectivity index (χ3n) is 3.54. The normalized spacial score (nSPS) is 11.0. The van der Waals surface area contributed by atoms with E-state index in [0.29, 0.717) is 18.5 Å². The zero-order valence-electron chi connectivity index (χ0n) is 12.1. The summed E-state index contributed by atoms with van der Waals surface area (Å²) in [5.74, 6) is -0.205. The van der Waals surface area contributed by atoms with Crippen LogP contribution in [0.4, 0.5) is 14.5 Å². The van der Waals surface area contributed by atoms with E-state index < -0.39 is 12.0 Å². The molecule has 0 aliphatic carbocycles. The van der Waals surface area contributed by atoms with Crippen molar-refractivity contribution in [1.82, 2.24) is 0 Å². The quantitative estimate of drug-likeness (QED) is 0.808. The van der Waals surface area contributed by atoms with Crippen LogP contribution in [0.1, 0.15) is 26.7 Å². The zero-order valence-corrected chi connectivity index (χ0v) is 12.9. The van der Waals surface area contributed by atoms with Gasteiger partial charge in [-0.25, -0.2) is 0 Å². The Labute approximate surface area is 129 Å². The molecule has 0 unspecified atom stereocenters. The number of nitrogens with one attached hydrogen (secondary N) is 1. The Balaban J connectivity index is 0.00000400. The highest BCUT2D eigenvalue weighted by Gasteiger charge is 2.33. The molecule has 1 aromatic rings. The van der Waals surface area contributed by atoms with Gasteiger partial charge in [-0.2, -0.15) is 8.78 Å². The van der Waals surface area contributed by atoms with E-state index in [1.807, 2.05) is 13.8 Å². The van der Waals surface area contributed by atoms with Crippen LogP contribution in [-0.2, 0) is 4.79 Å². The first kappa shape index (κ1) is 19.6. The highest BCUT2D eigenvalue weighted by atomic mass is 35.5. The van der Waals surface area contributed by atoms with Gasteiger partial charge in [-0.05, 0) is 25.0 Å². The summed E-state index contributed by atoms with van der Waals surface area (Å²) in [4.78, 5) is 12.3. The Kier molecular flexibility index (Phi) is 8.21. The van der Waals surface area contributed by atoms with Crippen LogP contribution in [0.25, 0.3) is 0 Å². The SMILES string of the molecule is CCC(CC)(CN)C(=O)Nc1cccc(OC(F)F)c1.Cl. The van der Waals surface area contributed by atoms with Crippen molar-refractivity contribution in [3.63, 3.8) is 0 Å². The van der Waals surface area contributed by atoms with Crippen LogP contribution in [0, 0.1) is 5.41 Å². The fourth-order valence-electron chi connectivity index (χ4n) is 1.97. The van der Waals surface area contributed by atoms with Crippen molar-refractivity contribution in [1.29, 1.82) is 0 Å². The molecule has 3 N–H and O–H groups in total. The van der Waals surface area contributed by atoms with Crippen molar-refractivity contribution in [3.05, 3.63) is 24.3 Å². The molecule has 0 aromatic heterocycles. The summed E-state index contributed by atoms with van der Waals surface area (Å²) < 4.78 is 28.6. The highest BCUT2D eigenvalue weighted by Crippen LogP contribution is 2.28. The van der Waals surface area contributed by atoms with Crippen molar-refractivity contribution < 1.29 is 18.3 Å². The number of rotatable bonds is 7. The summed E-state index contributed by atoms with van der Waals surface area (Å²) in [5, 5.41) is 2.71. The van der Waals surface area contributed by atoms with E-state index >= 15 is 0 Å². The summed E-state index contributed by atoms with van der Waals surface area (Å²) in [6.07, 6.45) is 1.22. The molecule has 0 heterocycles. The summed E-state index contributed by atoms with van der Waals surface area (Å²) in [6.45, 7) is 1.13. The van der Waals surface area contributed by atoms with Gasteiger partial charge in [0.1, 0.15) is 5.75 Å². The van der Waals surface area contributed by atoms with E-state index in [2.05, 4.69) is 10.1 Å². The average Bonchev–Trinajstić information content (AvgIpc) is 2.41. The fourth-order valence-corrected chi connectivity index (χ4v) is 1.97. The van der Waals surface area contributed by atoms with E-state index in [9.17, 15) is 13.6 Å². The van der Waals surface area contributed by atoms with Crippen LogP contribution in [0.2, 0.25) is 0 Å². The molecule has 120 valence electrons. The third-order valence-corrected chi connectivity index (χ3v) is 3.54. The number of anilines is 1. The standard InChI is InChI=1S/C14H20F2N2O2.ClH/c1-3-14(4-2,9-17)12(19)18-10-6-5-7-11(8-10)20-13(15)16;/h5-8,13H,3-4,9,17H2,1-2H3,(H,18,19);1H. The van der Waals surface area contributed by atoms with Crippen molar-refractivity contribution >= 4 is 24.0 Å². The maximum Gasteiger partial charge on any atom is 0.387 e. The summed E-state index contributed by atoms with van der Waals surface area (Å²) in [7, 11) is 0. The minimum absolute atomic E-state index is 0. The molecule has 0 aliphatic heterocycles. The zero-order chi connectivity index (χ0) is 15.2. The van der Waals surface area contributed by atoms with Gasteiger partial charge in [0.05, 0.1) is 5.41 Å². The second kappa shape index (κ2) is 8.79. The molecule has 7 heteroatoms. The Hall–Kier alpha value is -1.40. The molecule has 1 amide bonds. The number of hydrogen-bond acceptors (Lipinski definition) is 3. The van der Waals surface area contributed by atoms with Crippen LogP contribution < -0.4 is 15.8 Å². The maximum atomic E-state index is 12.3. The Morgan fingerprint density at radius 3 is 2.48 bits per heavy atom. The molecular formula is C14H21ClF2N2O2. The molecule has 1 aromatic carbocycles. The summed E-state index contributed by atoms with van der Waals surface area (Å²) in [6, 6.07) is 5.91. The van der Waals surface area contributed by atoms with Gasteiger partial charge in [0.15, 0.2) is 0 Å². The third kappa shape index (κ3) is 5.13. The summed E-state index contributed by atoms with van der Waals surface area (Å²) in [5.41, 5.74) is 5.47. The van der Waals surface area contributed by atoms with Crippen molar-refractivity contribution in [3.8, 4) is 5.75 Å². The van der Waals surface area contributed by atoms with Gasteiger partial charge < -0.3 is 15.8 Å². The Morgan fingerprint density at radius 1 is 1.38 bits per heavy atom. The Bertz CT molecular complexity index is 446. The molecule has 0 atom stereocenters. The van der Waals surface area contributed by atoms with Gasteiger partial charge in [-0.3, -0.25) is 4.79 Å². The minimum atomic E-state index is -2.89. The lowest BCUT2D eigenvalue weighted by molar-refractivity contribution is -0.125. The number of amides is 1. The number of halogens is 3. The second-order valence-electron chi connectivity index (χ2n) is 4.55. The predicted molar refractivity (Wildman–Crippen MR) is 81.0 cm³/mol. The molecule has 4 nitrogen and oxygen atoms in total. The van der Waals surface area contributed by atoms with Gasteiger partial charge in [-0.1, -0.05) is 19.9 Å².